The van der Waals surface area contributed by atoms with E-state index in [2.05, 4.69) is 90.7 Å². The molecular weight excluding hydrogens is 342 g/mol. The summed E-state index contributed by atoms with van der Waals surface area (Å²) in [4.78, 5) is 2.58. The molecule has 3 aromatic carbocycles. The summed E-state index contributed by atoms with van der Waals surface area (Å²) in [5.74, 6) is 0.918. The zero-order valence-electron chi connectivity index (χ0n) is 16.4. The van der Waals surface area contributed by atoms with Crippen LogP contribution in [-0.2, 0) is 6.61 Å². The van der Waals surface area contributed by atoms with Crippen molar-refractivity contribution >= 4 is 0 Å². The first-order valence-corrected chi connectivity index (χ1v) is 10.0. The lowest BCUT2D eigenvalue weighted by molar-refractivity contribution is 0.154. The van der Waals surface area contributed by atoms with E-state index in [1.165, 1.54) is 16.7 Å². The molecule has 0 aromatic heterocycles. The summed E-state index contributed by atoms with van der Waals surface area (Å²) >= 11 is 0. The molecule has 1 aliphatic heterocycles. The Kier molecular flexibility index (Phi) is 5.89. The van der Waals surface area contributed by atoms with Gasteiger partial charge in [-0.1, -0.05) is 84.9 Å². The number of hydrogen-bond donors (Lipinski definition) is 0. The lowest BCUT2D eigenvalue weighted by Crippen LogP contribution is -2.33. The van der Waals surface area contributed by atoms with Crippen molar-refractivity contribution in [3.63, 3.8) is 0 Å². The van der Waals surface area contributed by atoms with Crippen molar-refractivity contribution in [2.24, 2.45) is 0 Å². The minimum absolute atomic E-state index is 0.380. The van der Waals surface area contributed by atoms with Crippen molar-refractivity contribution in [3.8, 4) is 5.75 Å². The molecule has 0 amide bonds. The predicted octanol–water partition coefficient (Wildman–Crippen LogP) is 6.33. The molecule has 2 unspecified atom stereocenters. The van der Waals surface area contributed by atoms with Gasteiger partial charge in [0.25, 0.3) is 0 Å². The third-order valence-corrected chi connectivity index (χ3v) is 5.54. The molecule has 28 heavy (non-hydrogen) atoms. The van der Waals surface area contributed by atoms with Crippen LogP contribution >= 0.6 is 0 Å². The highest BCUT2D eigenvalue weighted by molar-refractivity contribution is 5.31. The number of benzene rings is 3. The van der Waals surface area contributed by atoms with Gasteiger partial charge in [0.05, 0.1) is 0 Å². The van der Waals surface area contributed by atoms with Crippen molar-refractivity contribution in [3.05, 3.63) is 114 Å². The molecule has 142 valence electrons. The maximum Gasteiger partial charge on any atom is 0.119 e. The summed E-state index contributed by atoms with van der Waals surface area (Å²) in [5, 5.41) is 0. The molecule has 0 bridgehead atoms. The standard InChI is InChI=1S/C26H27NO/c1-21(23-12-6-3-7-13-23)27-19-9-8-14-26(27)24-15-17-25(18-16-24)28-20-22-10-4-2-5-11-22/h2-13,15-18,21,26H,14,19-20H2,1H3. The van der Waals surface area contributed by atoms with E-state index < -0.39 is 0 Å². The fourth-order valence-electron chi connectivity index (χ4n) is 3.89. The first-order chi connectivity index (χ1) is 13.8. The molecule has 0 spiro atoms. The topological polar surface area (TPSA) is 12.5 Å². The largest absolute Gasteiger partial charge is 0.489 e. The van der Waals surface area contributed by atoms with Crippen molar-refractivity contribution in [1.29, 1.82) is 0 Å². The van der Waals surface area contributed by atoms with Crippen LogP contribution in [0.25, 0.3) is 0 Å². The Labute approximate surface area is 168 Å². The van der Waals surface area contributed by atoms with Crippen LogP contribution in [0.2, 0.25) is 0 Å². The predicted molar refractivity (Wildman–Crippen MR) is 115 cm³/mol. The van der Waals surface area contributed by atoms with E-state index in [-0.39, 0.29) is 0 Å². The normalized spacial score (nSPS) is 18.0. The molecule has 0 aliphatic carbocycles. The zero-order valence-corrected chi connectivity index (χ0v) is 16.4. The molecule has 3 aromatic rings. The second-order valence-electron chi connectivity index (χ2n) is 7.35. The number of rotatable bonds is 6. The molecule has 2 atom stereocenters. The van der Waals surface area contributed by atoms with Crippen molar-refractivity contribution in [2.75, 3.05) is 6.54 Å². The Morgan fingerprint density at radius 3 is 2.25 bits per heavy atom. The van der Waals surface area contributed by atoms with Crippen LogP contribution < -0.4 is 4.74 Å². The van der Waals surface area contributed by atoms with E-state index in [1.54, 1.807) is 0 Å². The molecule has 0 radical (unpaired) electrons. The van der Waals surface area contributed by atoms with Gasteiger partial charge in [-0.05, 0) is 42.2 Å². The molecule has 0 saturated heterocycles. The summed E-state index contributed by atoms with van der Waals surface area (Å²) < 4.78 is 5.95. The van der Waals surface area contributed by atoms with E-state index in [9.17, 15) is 0 Å². The van der Waals surface area contributed by atoms with E-state index in [0.717, 1.165) is 18.7 Å². The lowest BCUT2D eigenvalue weighted by Gasteiger charge is -2.38. The van der Waals surface area contributed by atoms with Gasteiger partial charge in [0.15, 0.2) is 0 Å². The Balaban J connectivity index is 1.46. The van der Waals surface area contributed by atoms with Gasteiger partial charge >= 0.3 is 0 Å². The van der Waals surface area contributed by atoms with Gasteiger partial charge in [-0.15, -0.1) is 0 Å². The monoisotopic (exact) mass is 369 g/mol. The number of hydrogen-bond acceptors (Lipinski definition) is 2. The van der Waals surface area contributed by atoms with Crippen molar-refractivity contribution in [2.45, 2.75) is 32.0 Å². The smallest absolute Gasteiger partial charge is 0.119 e. The van der Waals surface area contributed by atoms with E-state index in [1.807, 2.05) is 18.2 Å². The molecule has 0 fully saturated rings. The van der Waals surface area contributed by atoms with Gasteiger partial charge in [-0.25, -0.2) is 0 Å². The summed E-state index contributed by atoms with van der Waals surface area (Å²) in [6.45, 7) is 3.88. The van der Waals surface area contributed by atoms with Crippen LogP contribution in [0.5, 0.6) is 5.75 Å². The highest BCUT2D eigenvalue weighted by Gasteiger charge is 2.26. The first kappa shape index (κ1) is 18.5. The van der Waals surface area contributed by atoms with Crippen LogP contribution in [-0.4, -0.2) is 11.4 Å². The molecule has 1 aliphatic rings. The average molecular weight is 370 g/mol. The SMILES string of the molecule is CC(c1ccccc1)N1CC=CCC1c1ccc(OCc2ccccc2)cc1. The Bertz CT molecular complexity index is 887. The Hall–Kier alpha value is -2.84. The quantitative estimate of drug-likeness (QED) is 0.471. The fraction of sp³-hybridized carbons (Fsp3) is 0.231. The first-order valence-electron chi connectivity index (χ1n) is 10.0. The summed E-state index contributed by atoms with van der Waals surface area (Å²) in [7, 11) is 0. The summed E-state index contributed by atoms with van der Waals surface area (Å²) in [5.41, 5.74) is 3.90. The zero-order chi connectivity index (χ0) is 19.2. The second kappa shape index (κ2) is 8.90. The molecule has 1 heterocycles. The lowest BCUT2D eigenvalue weighted by atomic mass is 9.95. The third-order valence-electron chi connectivity index (χ3n) is 5.54. The van der Waals surface area contributed by atoms with E-state index >= 15 is 0 Å². The van der Waals surface area contributed by atoms with Crippen LogP contribution in [0.1, 0.15) is 42.1 Å². The van der Waals surface area contributed by atoms with Gasteiger partial charge in [0.1, 0.15) is 12.4 Å². The highest BCUT2D eigenvalue weighted by atomic mass is 16.5. The van der Waals surface area contributed by atoms with E-state index in [4.69, 9.17) is 4.74 Å². The van der Waals surface area contributed by atoms with Crippen LogP contribution in [0.4, 0.5) is 0 Å². The van der Waals surface area contributed by atoms with Gasteiger partial charge in [-0.2, -0.15) is 0 Å². The molecule has 4 rings (SSSR count). The maximum atomic E-state index is 5.95. The Morgan fingerprint density at radius 2 is 1.54 bits per heavy atom. The van der Waals surface area contributed by atoms with Crippen LogP contribution in [0.3, 0.4) is 0 Å². The van der Waals surface area contributed by atoms with Gasteiger partial charge in [-0.3, -0.25) is 4.90 Å². The molecule has 2 heteroatoms. The average Bonchev–Trinajstić information content (AvgIpc) is 2.79. The molecule has 0 saturated carbocycles. The van der Waals surface area contributed by atoms with Gasteiger partial charge in [0.2, 0.25) is 0 Å². The maximum absolute atomic E-state index is 5.95. The second-order valence-corrected chi connectivity index (χ2v) is 7.35. The molecule has 0 N–H and O–H groups in total. The molecule has 2 nitrogen and oxygen atoms in total. The van der Waals surface area contributed by atoms with Crippen LogP contribution in [0.15, 0.2) is 97.1 Å². The van der Waals surface area contributed by atoms with Crippen molar-refractivity contribution in [1.82, 2.24) is 4.90 Å². The Morgan fingerprint density at radius 1 is 0.857 bits per heavy atom. The summed E-state index contributed by atoms with van der Waals surface area (Å²) in [6.07, 6.45) is 5.63. The number of ether oxygens (including phenoxy) is 1. The van der Waals surface area contributed by atoms with Crippen LogP contribution in [0, 0.1) is 0 Å². The van der Waals surface area contributed by atoms with Crippen molar-refractivity contribution < 1.29 is 4.74 Å². The summed E-state index contributed by atoms with van der Waals surface area (Å²) in [6, 6.07) is 30.5. The fourth-order valence-corrected chi connectivity index (χ4v) is 3.89. The number of nitrogens with zero attached hydrogens (tertiary/aromatic N) is 1. The minimum atomic E-state index is 0.380. The van der Waals surface area contributed by atoms with E-state index in [0.29, 0.717) is 18.7 Å². The molecular formula is C26H27NO. The van der Waals surface area contributed by atoms with Gasteiger partial charge < -0.3 is 4.74 Å². The van der Waals surface area contributed by atoms with Gasteiger partial charge in [0, 0.05) is 18.6 Å². The third kappa shape index (κ3) is 4.35. The highest BCUT2D eigenvalue weighted by Crippen LogP contribution is 2.35. The minimum Gasteiger partial charge on any atom is -0.489 e.